The zero-order chi connectivity index (χ0) is 18.5. The molecule has 0 radical (unpaired) electrons. The van der Waals surface area contributed by atoms with Gasteiger partial charge >= 0.3 is 0 Å². The number of aromatic amines is 1. The number of hydrogen-bond acceptors (Lipinski definition) is 5. The third-order valence-electron chi connectivity index (χ3n) is 4.17. The van der Waals surface area contributed by atoms with Crippen LogP contribution in [-0.4, -0.2) is 35.4 Å². The highest BCUT2D eigenvalue weighted by molar-refractivity contribution is 5.87. The molecule has 0 spiro atoms. The van der Waals surface area contributed by atoms with E-state index in [2.05, 4.69) is 21.4 Å². The number of aromatic nitrogens is 2. The van der Waals surface area contributed by atoms with Gasteiger partial charge < -0.3 is 15.0 Å². The molecule has 0 fully saturated rings. The lowest BCUT2D eigenvalue weighted by atomic mass is 10.1. The highest BCUT2D eigenvalue weighted by Gasteiger charge is 2.12. The Balaban J connectivity index is 1.71. The van der Waals surface area contributed by atoms with Gasteiger partial charge in [-0.05, 0) is 35.9 Å². The fourth-order valence-corrected chi connectivity index (χ4v) is 2.67. The fourth-order valence-electron chi connectivity index (χ4n) is 2.67. The maximum Gasteiger partial charge on any atom is 0.141 e. The third-order valence-corrected chi connectivity index (χ3v) is 4.17. The average Bonchev–Trinajstić information content (AvgIpc) is 3.07. The van der Waals surface area contributed by atoms with Gasteiger partial charge in [0, 0.05) is 49.7 Å². The first-order valence-corrected chi connectivity index (χ1v) is 8.30. The van der Waals surface area contributed by atoms with Crippen LogP contribution in [0, 0.1) is 11.3 Å². The first-order chi connectivity index (χ1) is 12.6. The second-order valence-corrected chi connectivity index (χ2v) is 6.20. The van der Waals surface area contributed by atoms with Crippen molar-refractivity contribution in [2.24, 2.45) is 0 Å². The molecule has 0 bridgehead atoms. The number of fused-ring (bicyclic) bond motifs is 1. The minimum Gasteiger partial charge on any atom is -0.378 e. The van der Waals surface area contributed by atoms with Crippen LogP contribution >= 0.6 is 0 Å². The van der Waals surface area contributed by atoms with Crippen molar-refractivity contribution >= 4 is 22.8 Å². The molecule has 1 unspecified atom stereocenters. The van der Waals surface area contributed by atoms with Crippen molar-refractivity contribution in [3.8, 4) is 6.07 Å². The van der Waals surface area contributed by atoms with Crippen molar-refractivity contribution in [2.75, 3.05) is 19.0 Å². The molecule has 0 amide bonds. The molecule has 1 aromatic carbocycles. The molecule has 0 saturated carbocycles. The van der Waals surface area contributed by atoms with E-state index in [4.69, 9.17) is 0 Å². The minimum absolute atomic E-state index is 0.250. The Morgan fingerprint density at radius 1 is 1.35 bits per heavy atom. The van der Waals surface area contributed by atoms with Crippen LogP contribution in [0.2, 0.25) is 0 Å². The van der Waals surface area contributed by atoms with Gasteiger partial charge in [-0.1, -0.05) is 12.1 Å². The Bertz CT molecular complexity index is 950. The summed E-state index contributed by atoms with van der Waals surface area (Å²) in [5.41, 5.74) is 3.96. The van der Waals surface area contributed by atoms with E-state index in [0.29, 0.717) is 6.54 Å². The molecule has 0 aliphatic rings. The Kier molecular flexibility index (Phi) is 5.32. The normalized spacial score (nSPS) is 12.8. The lowest BCUT2D eigenvalue weighted by Crippen LogP contribution is -2.29. The van der Waals surface area contributed by atoms with Crippen LogP contribution in [-0.2, 0) is 6.54 Å². The van der Waals surface area contributed by atoms with Gasteiger partial charge in [0.25, 0.3) is 0 Å². The van der Waals surface area contributed by atoms with Crippen LogP contribution in [0.1, 0.15) is 11.1 Å². The number of H-pyrrole nitrogens is 1. The number of anilines is 1. The number of nitriles is 1. The van der Waals surface area contributed by atoms with Gasteiger partial charge in [0.1, 0.15) is 11.9 Å². The lowest BCUT2D eigenvalue weighted by Gasteiger charge is -2.14. The van der Waals surface area contributed by atoms with Crippen LogP contribution in [0.5, 0.6) is 0 Å². The number of benzene rings is 1. The summed E-state index contributed by atoms with van der Waals surface area (Å²) in [5, 5.41) is 23.7. The van der Waals surface area contributed by atoms with Crippen LogP contribution in [0.25, 0.3) is 17.1 Å². The van der Waals surface area contributed by atoms with Crippen molar-refractivity contribution < 1.29 is 5.11 Å². The highest BCUT2D eigenvalue weighted by Crippen LogP contribution is 2.19. The van der Waals surface area contributed by atoms with Gasteiger partial charge in [0.2, 0.25) is 0 Å². The van der Waals surface area contributed by atoms with E-state index in [-0.39, 0.29) is 5.57 Å². The van der Waals surface area contributed by atoms with E-state index in [9.17, 15) is 10.4 Å². The fraction of sp³-hybridized carbons (Fsp3) is 0.200. The number of aliphatic hydroxyl groups is 1. The van der Waals surface area contributed by atoms with E-state index < -0.39 is 6.23 Å². The summed E-state index contributed by atoms with van der Waals surface area (Å²) >= 11 is 0. The molecule has 26 heavy (non-hydrogen) atoms. The van der Waals surface area contributed by atoms with E-state index in [1.165, 1.54) is 0 Å². The summed E-state index contributed by atoms with van der Waals surface area (Å²) in [4.78, 5) is 9.31. The molecular weight excluding hydrogens is 326 g/mol. The van der Waals surface area contributed by atoms with Crippen molar-refractivity contribution in [3.05, 3.63) is 65.5 Å². The quantitative estimate of drug-likeness (QED) is 0.471. The number of pyridine rings is 1. The number of rotatable bonds is 6. The van der Waals surface area contributed by atoms with Crippen molar-refractivity contribution in [1.29, 1.82) is 5.26 Å². The summed E-state index contributed by atoms with van der Waals surface area (Å²) in [7, 11) is 3.97. The topological polar surface area (TPSA) is 88.0 Å². The summed E-state index contributed by atoms with van der Waals surface area (Å²) in [5.74, 6) is 0. The Morgan fingerprint density at radius 2 is 2.12 bits per heavy atom. The molecule has 0 saturated heterocycles. The second kappa shape index (κ2) is 7.83. The summed E-state index contributed by atoms with van der Waals surface area (Å²) in [6, 6.07) is 13.9. The molecule has 0 aliphatic heterocycles. The summed E-state index contributed by atoms with van der Waals surface area (Å²) < 4.78 is 0. The molecule has 3 rings (SSSR count). The van der Waals surface area contributed by atoms with Crippen molar-refractivity contribution in [2.45, 2.75) is 12.8 Å². The predicted octanol–water partition coefficient (Wildman–Crippen LogP) is 2.64. The standard InChI is InChI=1S/C20H21N5O/c1-25(2)17-7-5-14(6-8-17)12-24-20(26)15(11-21)10-16-13-23-19-18(16)4-3-9-22-19/h3-10,13,20,24,26H,12H2,1-2H3,(H,22,23)/b15-10+. The Labute approximate surface area is 152 Å². The average molecular weight is 347 g/mol. The lowest BCUT2D eigenvalue weighted by molar-refractivity contribution is 0.176. The van der Waals surface area contributed by atoms with Crippen LogP contribution in [0.4, 0.5) is 5.69 Å². The van der Waals surface area contributed by atoms with E-state index >= 15 is 0 Å². The van der Waals surface area contributed by atoms with Crippen molar-refractivity contribution in [1.82, 2.24) is 15.3 Å². The van der Waals surface area contributed by atoms with Crippen LogP contribution < -0.4 is 10.2 Å². The molecule has 3 N–H and O–H groups in total. The largest absolute Gasteiger partial charge is 0.378 e. The summed E-state index contributed by atoms with van der Waals surface area (Å²) in [6.07, 6.45) is 4.11. The van der Waals surface area contributed by atoms with Gasteiger partial charge in [0.05, 0.1) is 11.6 Å². The summed E-state index contributed by atoms with van der Waals surface area (Å²) in [6.45, 7) is 0.462. The van der Waals surface area contributed by atoms with Gasteiger partial charge in [-0.3, -0.25) is 5.32 Å². The maximum absolute atomic E-state index is 10.3. The van der Waals surface area contributed by atoms with Crippen LogP contribution in [0.3, 0.4) is 0 Å². The Hall–Kier alpha value is -3.14. The number of hydrogen-bond donors (Lipinski definition) is 3. The monoisotopic (exact) mass is 347 g/mol. The number of aliphatic hydroxyl groups excluding tert-OH is 1. The molecular formula is C20H21N5O. The van der Waals surface area contributed by atoms with Gasteiger partial charge in [-0.25, -0.2) is 4.98 Å². The Morgan fingerprint density at radius 3 is 2.81 bits per heavy atom. The molecule has 6 heteroatoms. The third kappa shape index (κ3) is 3.91. The maximum atomic E-state index is 10.3. The highest BCUT2D eigenvalue weighted by atomic mass is 16.3. The van der Waals surface area contributed by atoms with Crippen molar-refractivity contribution in [3.63, 3.8) is 0 Å². The first-order valence-electron chi connectivity index (χ1n) is 8.30. The molecule has 132 valence electrons. The predicted molar refractivity (Wildman–Crippen MR) is 103 cm³/mol. The molecule has 2 aromatic heterocycles. The van der Waals surface area contributed by atoms with Crippen LogP contribution in [0.15, 0.2) is 54.4 Å². The van der Waals surface area contributed by atoms with Gasteiger partial charge in [0.15, 0.2) is 0 Å². The molecule has 6 nitrogen and oxygen atoms in total. The smallest absolute Gasteiger partial charge is 0.141 e. The number of nitrogens with zero attached hydrogens (tertiary/aromatic N) is 3. The minimum atomic E-state index is -1.05. The van der Waals surface area contributed by atoms with E-state index in [1.807, 2.05) is 55.4 Å². The second-order valence-electron chi connectivity index (χ2n) is 6.20. The molecule has 0 aliphatic carbocycles. The first kappa shape index (κ1) is 17.7. The molecule has 1 atom stereocenters. The number of nitrogens with one attached hydrogen (secondary N) is 2. The molecule has 3 aromatic rings. The zero-order valence-corrected chi connectivity index (χ0v) is 14.8. The zero-order valence-electron chi connectivity index (χ0n) is 14.8. The van der Waals surface area contributed by atoms with E-state index in [0.717, 1.165) is 27.8 Å². The molecule has 2 heterocycles. The van der Waals surface area contributed by atoms with Gasteiger partial charge in [-0.2, -0.15) is 5.26 Å². The SMILES string of the molecule is CN(C)c1ccc(CNC(O)/C(C#N)=C/c2c[nH]c3ncccc23)cc1. The van der Waals surface area contributed by atoms with E-state index in [1.54, 1.807) is 18.5 Å². The van der Waals surface area contributed by atoms with Gasteiger partial charge in [-0.15, -0.1) is 0 Å².